The number of hydrogen-bond donors (Lipinski definition) is 0. The molecule has 2 aromatic rings. The summed E-state index contributed by atoms with van der Waals surface area (Å²) in [4.78, 5) is 19.8. The van der Waals surface area contributed by atoms with Gasteiger partial charge in [-0.15, -0.1) is 0 Å². The van der Waals surface area contributed by atoms with Crippen LogP contribution in [0.1, 0.15) is 44.7 Å². The standard InChI is InChI=1S/C25H32N2O2S/c1-17-10-13-22(18(2)14-17)30-23-9-7-6-8-21(23)26-15-19-11-12-20(16-26)27(19)24(28)29-25(3,4)5/h6-10,13-14,19-20H,11-12,15-16H2,1-5H3. The number of anilines is 1. The maximum Gasteiger partial charge on any atom is 0.410 e. The largest absolute Gasteiger partial charge is 0.444 e. The topological polar surface area (TPSA) is 32.8 Å². The van der Waals surface area contributed by atoms with Gasteiger partial charge in [0, 0.05) is 22.9 Å². The first-order valence-corrected chi connectivity index (χ1v) is 11.6. The van der Waals surface area contributed by atoms with Gasteiger partial charge in [-0.2, -0.15) is 0 Å². The Hall–Kier alpha value is -2.14. The molecule has 2 aliphatic heterocycles. The number of hydrogen-bond acceptors (Lipinski definition) is 4. The Kier molecular flexibility index (Phi) is 5.75. The Morgan fingerprint density at radius 3 is 2.30 bits per heavy atom. The quantitative estimate of drug-likeness (QED) is 0.601. The van der Waals surface area contributed by atoms with E-state index in [2.05, 4.69) is 61.2 Å². The van der Waals surface area contributed by atoms with Gasteiger partial charge < -0.3 is 9.64 Å². The minimum absolute atomic E-state index is 0.160. The van der Waals surface area contributed by atoms with Gasteiger partial charge >= 0.3 is 6.09 Å². The first-order chi connectivity index (χ1) is 14.2. The molecular formula is C25H32N2O2S. The SMILES string of the molecule is Cc1ccc(Sc2ccccc2N2CC3CCC(C2)N3C(=O)OC(C)(C)C)c(C)c1. The predicted octanol–water partition coefficient (Wildman–Crippen LogP) is 6.04. The Labute approximate surface area is 184 Å². The molecule has 0 radical (unpaired) electrons. The molecule has 5 heteroatoms. The van der Waals surface area contributed by atoms with Crippen LogP contribution in [0.15, 0.2) is 52.3 Å². The van der Waals surface area contributed by atoms with Crippen molar-refractivity contribution < 1.29 is 9.53 Å². The van der Waals surface area contributed by atoms with Crippen molar-refractivity contribution in [3.8, 4) is 0 Å². The zero-order valence-electron chi connectivity index (χ0n) is 18.6. The molecule has 0 N–H and O–H groups in total. The summed E-state index contributed by atoms with van der Waals surface area (Å²) >= 11 is 1.83. The molecule has 160 valence electrons. The van der Waals surface area contributed by atoms with Crippen LogP contribution in [0.2, 0.25) is 0 Å². The van der Waals surface area contributed by atoms with Crippen LogP contribution in [0.25, 0.3) is 0 Å². The van der Waals surface area contributed by atoms with E-state index in [-0.39, 0.29) is 18.2 Å². The molecule has 0 spiro atoms. The maximum absolute atomic E-state index is 12.8. The number of ether oxygens (including phenoxy) is 1. The van der Waals surface area contributed by atoms with E-state index in [4.69, 9.17) is 4.74 Å². The number of nitrogens with zero attached hydrogens (tertiary/aromatic N) is 2. The third kappa shape index (κ3) is 4.46. The molecule has 2 heterocycles. The summed E-state index contributed by atoms with van der Waals surface area (Å²) < 4.78 is 5.69. The lowest BCUT2D eigenvalue weighted by atomic mass is 10.1. The van der Waals surface area contributed by atoms with Crippen molar-refractivity contribution in [1.82, 2.24) is 4.90 Å². The zero-order valence-corrected chi connectivity index (χ0v) is 19.5. The lowest BCUT2D eigenvalue weighted by molar-refractivity contribution is 0.0123. The molecule has 2 aromatic carbocycles. The van der Waals surface area contributed by atoms with Gasteiger partial charge in [0.05, 0.1) is 17.8 Å². The smallest absolute Gasteiger partial charge is 0.410 e. The number of carbonyl (C=O) groups is 1. The molecule has 4 nitrogen and oxygen atoms in total. The molecule has 0 aromatic heterocycles. The molecule has 2 unspecified atom stereocenters. The van der Waals surface area contributed by atoms with E-state index in [0.29, 0.717) is 0 Å². The summed E-state index contributed by atoms with van der Waals surface area (Å²) in [5.74, 6) is 0. The Balaban J connectivity index is 1.53. The lowest BCUT2D eigenvalue weighted by Gasteiger charge is -2.42. The van der Waals surface area contributed by atoms with Crippen LogP contribution < -0.4 is 4.90 Å². The van der Waals surface area contributed by atoms with Crippen molar-refractivity contribution in [2.24, 2.45) is 0 Å². The van der Waals surface area contributed by atoms with E-state index in [0.717, 1.165) is 25.9 Å². The summed E-state index contributed by atoms with van der Waals surface area (Å²) in [6.45, 7) is 11.8. The van der Waals surface area contributed by atoms with E-state index in [9.17, 15) is 4.79 Å². The second-order valence-corrected chi connectivity index (χ2v) is 10.6. The molecule has 4 rings (SSSR count). The molecule has 2 bridgehead atoms. The third-order valence-corrected chi connectivity index (χ3v) is 7.09. The van der Waals surface area contributed by atoms with Crippen molar-refractivity contribution in [1.29, 1.82) is 0 Å². The number of piperazine rings is 1. The Morgan fingerprint density at radius 2 is 1.67 bits per heavy atom. The van der Waals surface area contributed by atoms with Crippen molar-refractivity contribution in [2.45, 2.75) is 74.9 Å². The molecule has 30 heavy (non-hydrogen) atoms. The lowest BCUT2D eigenvalue weighted by Crippen LogP contribution is -2.56. The second-order valence-electron chi connectivity index (χ2n) is 9.52. The summed E-state index contributed by atoms with van der Waals surface area (Å²) in [5, 5.41) is 0. The van der Waals surface area contributed by atoms with E-state index in [1.807, 2.05) is 37.4 Å². The van der Waals surface area contributed by atoms with Crippen LogP contribution in [0.5, 0.6) is 0 Å². The number of carbonyl (C=O) groups excluding carboxylic acids is 1. The van der Waals surface area contributed by atoms with Crippen LogP contribution >= 0.6 is 11.8 Å². The minimum atomic E-state index is -0.456. The first-order valence-electron chi connectivity index (χ1n) is 10.8. The maximum atomic E-state index is 12.8. The van der Waals surface area contributed by atoms with Gasteiger partial charge in [-0.05, 0) is 71.2 Å². The number of aryl methyl sites for hydroxylation is 2. The number of benzene rings is 2. The van der Waals surface area contributed by atoms with E-state index in [1.54, 1.807) is 0 Å². The molecule has 1 amide bonds. The normalized spacial score (nSPS) is 21.1. The molecule has 0 aliphatic carbocycles. The first kappa shape index (κ1) is 21.1. The van der Waals surface area contributed by atoms with E-state index >= 15 is 0 Å². The number of fused-ring (bicyclic) bond motifs is 2. The van der Waals surface area contributed by atoms with Crippen molar-refractivity contribution >= 4 is 23.5 Å². The van der Waals surface area contributed by atoms with Crippen LogP contribution in [0, 0.1) is 13.8 Å². The molecular weight excluding hydrogens is 392 g/mol. The number of amides is 1. The third-order valence-electron chi connectivity index (χ3n) is 5.84. The van der Waals surface area contributed by atoms with Gasteiger partial charge in [0.1, 0.15) is 5.60 Å². The highest BCUT2D eigenvalue weighted by Crippen LogP contribution is 2.40. The highest BCUT2D eigenvalue weighted by atomic mass is 32.2. The van der Waals surface area contributed by atoms with Crippen LogP contribution in [0.4, 0.5) is 10.5 Å². The van der Waals surface area contributed by atoms with Crippen LogP contribution in [-0.2, 0) is 4.74 Å². The van der Waals surface area contributed by atoms with Crippen LogP contribution in [0.3, 0.4) is 0 Å². The molecule has 2 saturated heterocycles. The van der Waals surface area contributed by atoms with Gasteiger partial charge in [-0.3, -0.25) is 4.90 Å². The van der Waals surface area contributed by atoms with Gasteiger partial charge in [0.15, 0.2) is 0 Å². The summed E-state index contributed by atoms with van der Waals surface area (Å²) in [7, 11) is 0. The number of rotatable bonds is 3. The molecule has 2 fully saturated rings. The summed E-state index contributed by atoms with van der Waals surface area (Å²) in [6.07, 6.45) is 1.94. The fourth-order valence-corrected chi connectivity index (χ4v) is 5.59. The van der Waals surface area contributed by atoms with Crippen molar-refractivity contribution in [2.75, 3.05) is 18.0 Å². The van der Waals surface area contributed by atoms with Crippen LogP contribution in [-0.4, -0.2) is 41.8 Å². The average Bonchev–Trinajstić information content (AvgIpc) is 2.93. The highest BCUT2D eigenvalue weighted by Gasteiger charge is 2.44. The van der Waals surface area contributed by atoms with Crippen molar-refractivity contribution in [3.05, 3.63) is 53.6 Å². The van der Waals surface area contributed by atoms with Gasteiger partial charge in [-0.1, -0.05) is 41.6 Å². The Morgan fingerprint density at radius 1 is 1.00 bits per heavy atom. The highest BCUT2D eigenvalue weighted by molar-refractivity contribution is 7.99. The van der Waals surface area contributed by atoms with Crippen molar-refractivity contribution in [3.63, 3.8) is 0 Å². The molecule has 0 saturated carbocycles. The summed E-state index contributed by atoms with van der Waals surface area (Å²) in [5.41, 5.74) is 3.41. The van der Waals surface area contributed by atoms with E-state index < -0.39 is 5.60 Å². The van der Waals surface area contributed by atoms with Gasteiger partial charge in [0.25, 0.3) is 0 Å². The van der Waals surface area contributed by atoms with Gasteiger partial charge in [0.2, 0.25) is 0 Å². The molecule has 2 atom stereocenters. The molecule has 2 aliphatic rings. The number of para-hydroxylation sites is 1. The monoisotopic (exact) mass is 424 g/mol. The average molecular weight is 425 g/mol. The van der Waals surface area contributed by atoms with E-state index in [1.165, 1.54) is 26.6 Å². The summed E-state index contributed by atoms with van der Waals surface area (Å²) in [6, 6.07) is 15.7. The van der Waals surface area contributed by atoms with Gasteiger partial charge in [-0.25, -0.2) is 4.79 Å². The Bertz CT molecular complexity index is 923. The fraction of sp³-hybridized carbons (Fsp3) is 0.480. The minimum Gasteiger partial charge on any atom is -0.444 e. The fourth-order valence-electron chi connectivity index (χ4n) is 4.55. The predicted molar refractivity (Wildman–Crippen MR) is 124 cm³/mol. The zero-order chi connectivity index (χ0) is 21.5. The second kappa shape index (κ2) is 8.18.